The number of benzene rings is 1. The van der Waals surface area contributed by atoms with Crippen molar-refractivity contribution in [1.82, 2.24) is 15.1 Å². The van der Waals surface area contributed by atoms with E-state index in [1.807, 2.05) is 0 Å². The summed E-state index contributed by atoms with van der Waals surface area (Å²) in [5.41, 5.74) is 7.32. The highest BCUT2D eigenvalue weighted by Crippen LogP contribution is 2.42. The van der Waals surface area contributed by atoms with Crippen LogP contribution < -0.4 is 5.73 Å². The summed E-state index contributed by atoms with van der Waals surface area (Å²) in [6.45, 7) is 0.555. The fraction of sp³-hybridized carbons (Fsp3) is 0.591. The molecule has 2 aromatic rings. The molecular formula is C22H27F5N4OS. The summed E-state index contributed by atoms with van der Waals surface area (Å²) in [5, 5.41) is 7.37. The zero-order valence-corrected chi connectivity index (χ0v) is 18.8. The third-order valence-corrected chi connectivity index (χ3v) is 6.98. The Kier molecular flexibility index (Phi) is 7.32. The maximum absolute atomic E-state index is 14.1. The number of rotatable bonds is 2. The van der Waals surface area contributed by atoms with Crippen molar-refractivity contribution in [2.75, 3.05) is 0 Å². The number of nitrogens with one attached hydrogen (secondary N) is 1. The molecule has 3 aliphatic rings. The van der Waals surface area contributed by atoms with Gasteiger partial charge in [-0.3, -0.25) is 10.00 Å². The van der Waals surface area contributed by atoms with Gasteiger partial charge in [0.2, 0.25) is 0 Å². The lowest BCUT2D eigenvalue weighted by molar-refractivity contribution is -0.269. The van der Waals surface area contributed by atoms with Crippen molar-refractivity contribution < 1.29 is 26.7 Å². The van der Waals surface area contributed by atoms with Gasteiger partial charge < -0.3 is 10.5 Å². The largest absolute Gasteiger partial charge is 0.416 e. The number of aromatic nitrogens is 2. The monoisotopic (exact) mass is 490 g/mol. The number of hydrogen-bond acceptors (Lipinski definition) is 5. The van der Waals surface area contributed by atoms with Gasteiger partial charge in [0.1, 0.15) is 17.7 Å². The number of alkyl halides is 3. The van der Waals surface area contributed by atoms with E-state index in [1.54, 1.807) is 11.1 Å². The lowest BCUT2D eigenvalue weighted by Crippen LogP contribution is -2.58. The third-order valence-electron chi connectivity index (χ3n) is 6.47. The zero-order chi connectivity index (χ0) is 23.8. The molecule has 11 heteroatoms. The highest BCUT2D eigenvalue weighted by atomic mass is 32.1. The summed E-state index contributed by atoms with van der Waals surface area (Å²) in [6, 6.07) is 0.633. The number of thiol groups is 1. The van der Waals surface area contributed by atoms with Gasteiger partial charge in [-0.2, -0.15) is 30.9 Å². The van der Waals surface area contributed by atoms with Crippen LogP contribution in [0, 0.1) is 11.6 Å². The molecule has 0 radical (unpaired) electrons. The van der Waals surface area contributed by atoms with Gasteiger partial charge in [-0.05, 0) is 37.5 Å². The molecule has 3 heterocycles. The molecule has 182 valence electrons. The standard InChI is InChI=1S/C17H17F5N4O.C5H10S/c18-9-1-2-11(19)10(3-9)15-12(23)4-14(16(27-15)17(20,21)22)26-6-8-5-24-25-13(8)7-26;6-5-3-1-2-4-5/h1-3,5,12,14-16H,4,6-7,23H2,(H,24,25);5-6H,1-4H2/t12?,14?,15-,16?;/m1./s1. The molecule has 1 aromatic heterocycles. The summed E-state index contributed by atoms with van der Waals surface area (Å²) in [5.74, 6) is -1.61. The summed E-state index contributed by atoms with van der Waals surface area (Å²) in [4.78, 5) is 1.62. The first kappa shape index (κ1) is 24.4. The van der Waals surface area contributed by atoms with Gasteiger partial charge in [0.05, 0.1) is 11.9 Å². The Morgan fingerprint density at radius 3 is 2.48 bits per heavy atom. The number of ether oxygens (including phenoxy) is 1. The van der Waals surface area contributed by atoms with E-state index in [0.717, 1.165) is 34.7 Å². The van der Waals surface area contributed by atoms with E-state index in [2.05, 4.69) is 22.8 Å². The van der Waals surface area contributed by atoms with Crippen LogP contribution in [0.25, 0.3) is 0 Å². The number of hydrogen-bond donors (Lipinski definition) is 3. The predicted octanol–water partition coefficient (Wildman–Crippen LogP) is 4.65. The Bertz CT molecular complexity index is 929. The van der Waals surface area contributed by atoms with E-state index in [4.69, 9.17) is 10.5 Å². The van der Waals surface area contributed by atoms with Gasteiger partial charge in [-0.15, -0.1) is 0 Å². The van der Waals surface area contributed by atoms with Crippen LogP contribution in [0.2, 0.25) is 0 Å². The van der Waals surface area contributed by atoms with E-state index in [1.165, 1.54) is 25.7 Å². The van der Waals surface area contributed by atoms with E-state index < -0.39 is 42.1 Å². The van der Waals surface area contributed by atoms with Crippen LogP contribution in [0.1, 0.15) is 55.0 Å². The summed E-state index contributed by atoms with van der Waals surface area (Å²) < 4.78 is 74.0. The minimum Gasteiger partial charge on any atom is -0.357 e. The number of H-pyrrole nitrogens is 1. The molecule has 0 amide bonds. The molecule has 2 aliphatic heterocycles. The molecule has 33 heavy (non-hydrogen) atoms. The van der Waals surface area contributed by atoms with Crippen LogP contribution in [0.4, 0.5) is 22.0 Å². The highest BCUT2D eigenvalue weighted by Gasteiger charge is 2.54. The first-order chi connectivity index (χ1) is 15.6. The van der Waals surface area contributed by atoms with Crippen LogP contribution >= 0.6 is 12.6 Å². The Morgan fingerprint density at radius 2 is 1.88 bits per heavy atom. The van der Waals surface area contributed by atoms with Gasteiger partial charge in [0, 0.05) is 41.6 Å². The molecule has 2 fully saturated rings. The Hall–Kier alpha value is -1.69. The van der Waals surface area contributed by atoms with Crippen molar-refractivity contribution in [3.05, 3.63) is 52.9 Å². The van der Waals surface area contributed by atoms with Gasteiger partial charge in [-0.1, -0.05) is 12.8 Å². The van der Waals surface area contributed by atoms with Crippen molar-refractivity contribution >= 4 is 12.6 Å². The quantitative estimate of drug-likeness (QED) is 0.424. The van der Waals surface area contributed by atoms with Crippen molar-refractivity contribution in [3.63, 3.8) is 0 Å². The number of aromatic amines is 1. The highest BCUT2D eigenvalue weighted by molar-refractivity contribution is 7.80. The molecule has 1 saturated carbocycles. The van der Waals surface area contributed by atoms with E-state index in [0.29, 0.717) is 0 Å². The van der Waals surface area contributed by atoms with Crippen LogP contribution in [-0.4, -0.2) is 44.7 Å². The van der Waals surface area contributed by atoms with E-state index in [-0.39, 0.29) is 25.1 Å². The Morgan fingerprint density at radius 1 is 1.15 bits per heavy atom. The fourth-order valence-electron chi connectivity index (χ4n) is 4.78. The maximum Gasteiger partial charge on any atom is 0.416 e. The van der Waals surface area contributed by atoms with Crippen molar-refractivity contribution in [2.45, 2.75) is 80.9 Å². The number of halogens is 5. The molecule has 1 saturated heterocycles. The Balaban J connectivity index is 0.000000376. The normalized spacial score (nSPS) is 28.5. The second-order valence-electron chi connectivity index (χ2n) is 8.87. The molecule has 0 bridgehead atoms. The van der Waals surface area contributed by atoms with Crippen molar-refractivity contribution in [3.8, 4) is 0 Å². The molecule has 3 N–H and O–H groups in total. The number of fused-ring (bicyclic) bond motifs is 1. The maximum atomic E-state index is 14.1. The summed E-state index contributed by atoms with van der Waals surface area (Å²) in [6.07, 6.45) is -1.20. The molecule has 0 spiro atoms. The second kappa shape index (κ2) is 9.89. The van der Waals surface area contributed by atoms with Gasteiger partial charge in [-0.25, -0.2) is 8.78 Å². The molecule has 5 nitrogen and oxygen atoms in total. The zero-order valence-electron chi connectivity index (χ0n) is 17.9. The van der Waals surface area contributed by atoms with Gasteiger partial charge in [0.25, 0.3) is 0 Å². The molecule has 5 rings (SSSR count). The number of nitrogens with two attached hydrogens (primary N) is 1. The minimum absolute atomic E-state index is 0.0670. The Labute approximate surface area is 194 Å². The average molecular weight is 491 g/mol. The summed E-state index contributed by atoms with van der Waals surface area (Å²) >= 11 is 4.29. The summed E-state index contributed by atoms with van der Waals surface area (Å²) in [7, 11) is 0. The average Bonchev–Trinajstić information content (AvgIpc) is 3.47. The SMILES string of the molecule is NC1CC(N2Cc3cn[nH]c3C2)C(C(F)(F)F)O[C@@H]1c1cc(F)ccc1F.SC1CCCC1. The minimum atomic E-state index is -4.68. The number of nitrogens with zero attached hydrogens (tertiary/aromatic N) is 2. The van der Waals surface area contributed by atoms with Crippen LogP contribution in [0.5, 0.6) is 0 Å². The van der Waals surface area contributed by atoms with Crippen LogP contribution in [0.3, 0.4) is 0 Å². The van der Waals surface area contributed by atoms with Crippen LogP contribution in [0.15, 0.2) is 24.4 Å². The fourth-order valence-corrected chi connectivity index (χ4v) is 5.14. The lowest BCUT2D eigenvalue weighted by Gasteiger charge is -2.44. The molecule has 1 aromatic carbocycles. The van der Waals surface area contributed by atoms with Crippen molar-refractivity contribution in [2.24, 2.45) is 5.73 Å². The van der Waals surface area contributed by atoms with Gasteiger partial charge >= 0.3 is 6.18 Å². The third kappa shape index (κ3) is 5.52. The lowest BCUT2D eigenvalue weighted by atomic mass is 9.89. The molecule has 3 unspecified atom stereocenters. The molecule has 1 aliphatic carbocycles. The topological polar surface area (TPSA) is 67.2 Å². The smallest absolute Gasteiger partial charge is 0.357 e. The van der Waals surface area contributed by atoms with Crippen molar-refractivity contribution in [1.29, 1.82) is 0 Å². The van der Waals surface area contributed by atoms with Crippen LogP contribution in [-0.2, 0) is 17.8 Å². The molecular weight excluding hydrogens is 463 g/mol. The predicted molar refractivity (Wildman–Crippen MR) is 115 cm³/mol. The first-order valence-electron chi connectivity index (χ1n) is 11.0. The second-order valence-corrected chi connectivity index (χ2v) is 9.60. The van der Waals surface area contributed by atoms with E-state index in [9.17, 15) is 22.0 Å². The first-order valence-corrected chi connectivity index (χ1v) is 11.5. The molecule has 4 atom stereocenters. The van der Waals surface area contributed by atoms with Gasteiger partial charge in [0.15, 0.2) is 6.10 Å². The van der Waals surface area contributed by atoms with E-state index >= 15 is 0 Å².